The number of primary amides is 1. The Kier molecular flexibility index (Phi) is 4.40. The molecule has 18 heavy (non-hydrogen) atoms. The van der Waals surface area contributed by atoms with Crippen molar-refractivity contribution in [3.8, 4) is 0 Å². The number of hydrogen-bond donors (Lipinski definition) is 1. The van der Waals surface area contributed by atoms with Gasteiger partial charge in [0.25, 0.3) is 0 Å². The fourth-order valence-corrected chi connectivity index (χ4v) is 3.57. The smallest absolute Gasteiger partial charge is 0.237 e. The number of amides is 1. The number of piperazine rings is 1. The Morgan fingerprint density at radius 1 is 1.44 bits per heavy atom. The Balaban J connectivity index is 2.87. The minimum Gasteiger partial charge on any atom is -0.368 e. The Hall–Kier alpha value is -0.660. The molecule has 1 heterocycles. The molecule has 0 radical (unpaired) electrons. The molecule has 1 saturated heterocycles. The summed E-state index contributed by atoms with van der Waals surface area (Å²) >= 11 is 0. The largest absolute Gasteiger partial charge is 0.368 e. The average Bonchev–Trinajstić information content (AvgIpc) is 2.25. The van der Waals surface area contributed by atoms with Crippen LogP contribution < -0.4 is 5.73 Å². The van der Waals surface area contributed by atoms with Gasteiger partial charge in [0.2, 0.25) is 15.9 Å². The number of nitrogens with zero attached hydrogens (tertiary/aromatic N) is 2. The van der Waals surface area contributed by atoms with Crippen molar-refractivity contribution in [1.82, 2.24) is 9.21 Å². The van der Waals surface area contributed by atoms with Gasteiger partial charge in [-0.3, -0.25) is 9.69 Å². The predicted octanol–water partition coefficient (Wildman–Crippen LogP) is -0.394. The predicted molar refractivity (Wildman–Crippen MR) is 70.5 cm³/mol. The maximum absolute atomic E-state index is 11.6. The fourth-order valence-electron chi connectivity index (χ4n) is 2.44. The summed E-state index contributed by atoms with van der Waals surface area (Å²) in [4.78, 5) is 13.6. The molecule has 1 rings (SSSR count). The van der Waals surface area contributed by atoms with Crippen LogP contribution >= 0.6 is 0 Å². The molecule has 0 aromatic rings. The Labute approximate surface area is 109 Å². The van der Waals surface area contributed by atoms with Crippen molar-refractivity contribution in [1.29, 1.82) is 0 Å². The van der Waals surface area contributed by atoms with Crippen molar-refractivity contribution < 1.29 is 13.2 Å². The molecule has 1 unspecified atom stereocenters. The standard InChI is InChI=1S/C11H23N3O3S/c1-5-11(3,10(12)15)13-6-7-14(9(2)8-13)18(4,16)17/h9H,5-8H2,1-4H3,(H2,12,15)/t9-,11?/m0/s1. The molecular formula is C11H23N3O3S. The van der Waals surface area contributed by atoms with Gasteiger partial charge >= 0.3 is 0 Å². The summed E-state index contributed by atoms with van der Waals surface area (Å²) in [5, 5.41) is 0. The highest BCUT2D eigenvalue weighted by Crippen LogP contribution is 2.24. The molecule has 0 aliphatic carbocycles. The van der Waals surface area contributed by atoms with E-state index in [-0.39, 0.29) is 11.9 Å². The molecular weight excluding hydrogens is 254 g/mol. The molecule has 0 aromatic carbocycles. The molecule has 2 N–H and O–H groups in total. The lowest BCUT2D eigenvalue weighted by atomic mass is 9.94. The molecule has 1 fully saturated rings. The van der Waals surface area contributed by atoms with E-state index in [0.717, 1.165) is 0 Å². The molecule has 7 heteroatoms. The second-order valence-corrected chi connectivity index (χ2v) is 7.10. The van der Waals surface area contributed by atoms with Gasteiger partial charge in [-0.25, -0.2) is 8.42 Å². The summed E-state index contributed by atoms with van der Waals surface area (Å²) in [7, 11) is -3.18. The molecule has 0 spiro atoms. The highest BCUT2D eigenvalue weighted by atomic mass is 32.2. The van der Waals surface area contributed by atoms with Crippen molar-refractivity contribution in [3.05, 3.63) is 0 Å². The zero-order valence-corrected chi connectivity index (χ0v) is 12.3. The van der Waals surface area contributed by atoms with Crippen LogP contribution in [0.25, 0.3) is 0 Å². The number of hydrogen-bond acceptors (Lipinski definition) is 4. The first-order chi connectivity index (χ1) is 8.13. The third-order valence-electron chi connectivity index (χ3n) is 3.91. The van der Waals surface area contributed by atoms with Crippen LogP contribution in [0.2, 0.25) is 0 Å². The van der Waals surface area contributed by atoms with Crippen molar-refractivity contribution in [3.63, 3.8) is 0 Å². The molecule has 0 aromatic heterocycles. The normalized spacial score (nSPS) is 26.8. The van der Waals surface area contributed by atoms with Gasteiger partial charge in [0.1, 0.15) is 0 Å². The summed E-state index contributed by atoms with van der Waals surface area (Å²) in [6.45, 7) is 7.05. The van der Waals surface area contributed by atoms with Crippen LogP contribution in [0.15, 0.2) is 0 Å². The molecule has 106 valence electrons. The van der Waals surface area contributed by atoms with Crippen molar-refractivity contribution in [2.75, 3.05) is 25.9 Å². The molecule has 1 amide bonds. The monoisotopic (exact) mass is 277 g/mol. The van der Waals surface area contributed by atoms with Crippen LogP contribution in [-0.2, 0) is 14.8 Å². The number of carbonyl (C=O) groups excluding carboxylic acids is 1. The third-order valence-corrected chi connectivity index (χ3v) is 5.30. The minimum atomic E-state index is -3.18. The molecule has 0 bridgehead atoms. The summed E-state index contributed by atoms with van der Waals surface area (Å²) in [5.74, 6) is -0.356. The summed E-state index contributed by atoms with van der Waals surface area (Å²) in [6.07, 6.45) is 1.83. The van der Waals surface area contributed by atoms with Gasteiger partial charge < -0.3 is 5.73 Å². The van der Waals surface area contributed by atoms with E-state index >= 15 is 0 Å². The second kappa shape index (κ2) is 5.14. The number of sulfonamides is 1. The molecule has 1 aliphatic heterocycles. The zero-order valence-electron chi connectivity index (χ0n) is 11.5. The van der Waals surface area contributed by atoms with E-state index < -0.39 is 15.6 Å². The zero-order chi connectivity index (χ0) is 14.1. The van der Waals surface area contributed by atoms with Gasteiger partial charge in [-0.15, -0.1) is 0 Å². The summed E-state index contributed by atoms with van der Waals surface area (Å²) in [6, 6.07) is -0.140. The Morgan fingerprint density at radius 2 is 2.00 bits per heavy atom. The van der Waals surface area contributed by atoms with E-state index in [1.807, 2.05) is 25.7 Å². The van der Waals surface area contributed by atoms with Crippen LogP contribution in [-0.4, -0.2) is 61.0 Å². The van der Waals surface area contributed by atoms with Crippen LogP contribution in [0.1, 0.15) is 27.2 Å². The summed E-state index contributed by atoms with van der Waals surface area (Å²) < 4.78 is 24.6. The van der Waals surface area contributed by atoms with E-state index in [1.54, 1.807) is 0 Å². The maximum Gasteiger partial charge on any atom is 0.237 e. The van der Waals surface area contributed by atoms with E-state index in [4.69, 9.17) is 5.73 Å². The van der Waals surface area contributed by atoms with Gasteiger partial charge in [0, 0.05) is 25.7 Å². The lowest BCUT2D eigenvalue weighted by Gasteiger charge is -2.45. The lowest BCUT2D eigenvalue weighted by Crippen LogP contribution is -2.63. The maximum atomic E-state index is 11.6. The first-order valence-electron chi connectivity index (χ1n) is 6.14. The van der Waals surface area contributed by atoms with Gasteiger partial charge in [-0.2, -0.15) is 4.31 Å². The SMILES string of the molecule is CCC(C)(C(N)=O)N1CCN(S(C)(=O)=O)[C@@H](C)C1. The lowest BCUT2D eigenvalue weighted by molar-refractivity contribution is -0.131. The average molecular weight is 277 g/mol. The molecule has 6 nitrogen and oxygen atoms in total. The molecule has 1 aliphatic rings. The van der Waals surface area contributed by atoms with Crippen LogP contribution in [0, 0.1) is 0 Å². The van der Waals surface area contributed by atoms with E-state index in [0.29, 0.717) is 26.1 Å². The number of rotatable bonds is 4. The van der Waals surface area contributed by atoms with Gasteiger partial charge in [-0.1, -0.05) is 6.92 Å². The van der Waals surface area contributed by atoms with Crippen LogP contribution in [0.4, 0.5) is 0 Å². The molecule has 0 saturated carbocycles. The van der Waals surface area contributed by atoms with Crippen LogP contribution in [0.5, 0.6) is 0 Å². The van der Waals surface area contributed by atoms with Crippen molar-refractivity contribution in [2.24, 2.45) is 5.73 Å². The van der Waals surface area contributed by atoms with E-state index in [9.17, 15) is 13.2 Å². The first-order valence-corrected chi connectivity index (χ1v) is 7.99. The fraction of sp³-hybridized carbons (Fsp3) is 0.909. The number of carbonyl (C=O) groups is 1. The van der Waals surface area contributed by atoms with Crippen molar-refractivity contribution >= 4 is 15.9 Å². The quantitative estimate of drug-likeness (QED) is 0.758. The van der Waals surface area contributed by atoms with Gasteiger partial charge in [0.15, 0.2) is 0 Å². The van der Waals surface area contributed by atoms with E-state index in [2.05, 4.69) is 0 Å². The Morgan fingerprint density at radius 3 is 2.33 bits per heavy atom. The molecule has 2 atom stereocenters. The first kappa shape index (κ1) is 15.4. The van der Waals surface area contributed by atoms with Crippen molar-refractivity contribution in [2.45, 2.75) is 38.8 Å². The number of nitrogens with two attached hydrogens (primary N) is 1. The summed E-state index contributed by atoms with van der Waals surface area (Å²) in [5.41, 5.74) is 4.77. The highest BCUT2D eigenvalue weighted by molar-refractivity contribution is 7.88. The third kappa shape index (κ3) is 2.84. The highest BCUT2D eigenvalue weighted by Gasteiger charge is 2.41. The van der Waals surface area contributed by atoms with Gasteiger partial charge in [-0.05, 0) is 20.3 Å². The Bertz CT molecular complexity index is 423. The minimum absolute atomic E-state index is 0.140. The van der Waals surface area contributed by atoms with E-state index in [1.165, 1.54) is 10.6 Å². The van der Waals surface area contributed by atoms with Gasteiger partial charge in [0.05, 0.1) is 11.8 Å². The van der Waals surface area contributed by atoms with Crippen LogP contribution in [0.3, 0.4) is 0 Å². The second-order valence-electron chi connectivity index (χ2n) is 5.16. The topological polar surface area (TPSA) is 83.7 Å².